The number of carbonyl (C=O) groups excluding carboxylic acids is 1. The lowest BCUT2D eigenvalue weighted by atomic mass is 10.1. The molecular formula is C12H16N2O5. The van der Waals surface area contributed by atoms with Crippen LogP contribution in [-0.4, -0.2) is 18.1 Å². The second-order valence-corrected chi connectivity index (χ2v) is 3.76. The van der Waals surface area contributed by atoms with Gasteiger partial charge in [0.05, 0.1) is 13.7 Å². The highest BCUT2D eigenvalue weighted by Gasteiger charge is 2.13. The van der Waals surface area contributed by atoms with Gasteiger partial charge in [0.15, 0.2) is 11.5 Å². The molecule has 0 saturated heterocycles. The van der Waals surface area contributed by atoms with E-state index < -0.39 is 0 Å². The van der Waals surface area contributed by atoms with Crippen LogP contribution in [0.3, 0.4) is 0 Å². The largest absolute Gasteiger partial charge is 0.493 e. The fourth-order valence-electron chi connectivity index (χ4n) is 1.43. The predicted molar refractivity (Wildman–Crippen MR) is 68.1 cm³/mol. The van der Waals surface area contributed by atoms with Gasteiger partial charge in [0, 0.05) is 18.1 Å². The summed E-state index contributed by atoms with van der Waals surface area (Å²) in [7, 11) is 1.41. The van der Waals surface area contributed by atoms with Gasteiger partial charge in [-0.25, -0.2) is 0 Å². The molecule has 0 aliphatic carbocycles. The third-order valence-corrected chi connectivity index (χ3v) is 2.39. The van der Waals surface area contributed by atoms with Gasteiger partial charge in [0.1, 0.15) is 5.69 Å². The Labute approximate surface area is 110 Å². The van der Waals surface area contributed by atoms with Crippen LogP contribution in [0.4, 0.5) is 5.69 Å². The van der Waals surface area contributed by atoms with E-state index in [1.807, 2.05) is 6.92 Å². The van der Waals surface area contributed by atoms with Crippen LogP contribution < -0.4 is 15.1 Å². The Bertz CT molecular complexity index is 462. The van der Waals surface area contributed by atoms with Gasteiger partial charge >= 0.3 is 0 Å². The van der Waals surface area contributed by atoms with Crippen LogP contribution in [0.1, 0.15) is 25.3 Å². The molecule has 1 amide bonds. The number of amides is 1. The van der Waals surface area contributed by atoms with Crippen molar-refractivity contribution in [2.75, 3.05) is 7.11 Å². The molecule has 0 spiro atoms. The normalized spacial score (nSPS) is 9.84. The first-order valence-corrected chi connectivity index (χ1v) is 5.77. The van der Waals surface area contributed by atoms with Gasteiger partial charge in [-0.15, -0.1) is 4.91 Å². The Morgan fingerprint density at radius 3 is 2.68 bits per heavy atom. The summed E-state index contributed by atoms with van der Waals surface area (Å²) >= 11 is 0. The number of aliphatic hydroxyl groups excluding tert-OH is 1. The maximum Gasteiger partial charge on any atom is 0.252 e. The molecule has 0 radical (unpaired) electrons. The lowest BCUT2D eigenvalue weighted by Gasteiger charge is -2.12. The van der Waals surface area contributed by atoms with Crippen molar-refractivity contribution >= 4 is 11.6 Å². The number of hydroxylamine groups is 1. The Morgan fingerprint density at radius 1 is 1.42 bits per heavy atom. The molecule has 1 aromatic rings. The van der Waals surface area contributed by atoms with Crippen molar-refractivity contribution in [3.8, 4) is 11.5 Å². The van der Waals surface area contributed by atoms with Crippen LogP contribution in [-0.2, 0) is 11.4 Å². The number of benzene rings is 1. The molecule has 0 aliphatic heterocycles. The number of ether oxygens (including phenoxy) is 1. The second-order valence-electron chi connectivity index (χ2n) is 3.76. The lowest BCUT2D eigenvalue weighted by Crippen LogP contribution is -2.26. The van der Waals surface area contributed by atoms with E-state index in [1.165, 1.54) is 19.2 Å². The number of hydrogen-bond donors (Lipinski definition) is 2. The van der Waals surface area contributed by atoms with Crippen LogP contribution in [0.25, 0.3) is 0 Å². The molecule has 0 unspecified atom stereocenters. The van der Waals surface area contributed by atoms with E-state index in [9.17, 15) is 9.70 Å². The minimum atomic E-state index is -0.347. The topological polar surface area (TPSA) is 97.2 Å². The summed E-state index contributed by atoms with van der Waals surface area (Å²) in [6.45, 7) is 1.52. The van der Waals surface area contributed by atoms with Crippen molar-refractivity contribution in [3.63, 3.8) is 0 Å². The fraction of sp³-hybridized carbons (Fsp3) is 0.417. The highest BCUT2D eigenvalue weighted by molar-refractivity contribution is 5.75. The van der Waals surface area contributed by atoms with Crippen LogP contribution in [0.15, 0.2) is 17.3 Å². The smallest absolute Gasteiger partial charge is 0.252 e. The van der Waals surface area contributed by atoms with E-state index in [2.05, 4.69) is 10.7 Å². The molecular weight excluding hydrogens is 252 g/mol. The molecule has 0 fully saturated rings. The van der Waals surface area contributed by atoms with E-state index >= 15 is 0 Å². The lowest BCUT2D eigenvalue weighted by molar-refractivity contribution is -0.127. The van der Waals surface area contributed by atoms with E-state index in [0.717, 1.165) is 0 Å². The van der Waals surface area contributed by atoms with Crippen LogP contribution >= 0.6 is 0 Å². The Kier molecular flexibility index (Phi) is 5.74. The number of carbonyl (C=O) groups is 1. The molecule has 0 bridgehead atoms. The Hall–Kier alpha value is -2.15. The van der Waals surface area contributed by atoms with Crippen LogP contribution in [0, 0.1) is 4.91 Å². The van der Waals surface area contributed by atoms with Gasteiger partial charge in [-0.05, 0) is 17.7 Å². The maximum absolute atomic E-state index is 11.3. The standard InChI is InChI=1S/C12H16N2O5/c1-3-4-12(16)14-19-11-6-9(13-17)8(7-15)5-10(11)18-2/h5-6,15H,3-4,7H2,1-2H3,(H,14,16). The number of nitrogens with zero attached hydrogens (tertiary/aromatic N) is 1. The zero-order valence-electron chi connectivity index (χ0n) is 10.8. The highest BCUT2D eigenvalue weighted by Crippen LogP contribution is 2.34. The maximum atomic E-state index is 11.3. The van der Waals surface area contributed by atoms with Gasteiger partial charge in [-0.2, -0.15) is 5.48 Å². The fourth-order valence-corrected chi connectivity index (χ4v) is 1.43. The van der Waals surface area contributed by atoms with E-state index in [-0.39, 0.29) is 29.7 Å². The van der Waals surface area contributed by atoms with Crippen molar-refractivity contribution in [2.24, 2.45) is 5.18 Å². The summed E-state index contributed by atoms with van der Waals surface area (Å²) < 4.78 is 5.05. The molecule has 0 saturated carbocycles. The summed E-state index contributed by atoms with van der Waals surface area (Å²) in [5.41, 5.74) is 2.59. The first kappa shape index (κ1) is 14.9. The summed E-state index contributed by atoms with van der Waals surface area (Å²) in [5.74, 6) is 0.156. The van der Waals surface area contributed by atoms with E-state index in [1.54, 1.807) is 0 Å². The molecule has 0 aliphatic rings. The van der Waals surface area contributed by atoms with Crippen molar-refractivity contribution in [2.45, 2.75) is 26.4 Å². The molecule has 1 rings (SSSR count). The number of nitrogens with one attached hydrogen (secondary N) is 1. The van der Waals surface area contributed by atoms with Gasteiger partial charge in [0.2, 0.25) is 0 Å². The first-order valence-electron chi connectivity index (χ1n) is 5.77. The van der Waals surface area contributed by atoms with Gasteiger partial charge in [-0.1, -0.05) is 6.92 Å². The molecule has 0 atom stereocenters. The zero-order valence-corrected chi connectivity index (χ0v) is 10.8. The van der Waals surface area contributed by atoms with Crippen LogP contribution in [0.5, 0.6) is 11.5 Å². The van der Waals surface area contributed by atoms with Gasteiger partial charge < -0.3 is 14.7 Å². The summed E-state index contributed by atoms with van der Waals surface area (Å²) in [5, 5.41) is 11.9. The number of nitroso groups, excluding NO2 is 1. The average Bonchev–Trinajstić information content (AvgIpc) is 2.44. The Balaban J connectivity index is 2.92. The number of aliphatic hydroxyl groups is 1. The monoisotopic (exact) mass is 268 g/mol. The van der Waals surface area contributed by atoms with E-state index in [4.69, 9.17) is 14.7 Å². The number of rotatable bonds is 7. The second kappa shape index (κ2) is 7.32. The highest BCUT2D eigenvalue weighted by atomic mass is 16.7. The molecule has 1 aromatic carbocycles. The summed E-state index contributed by atoms with van der Waals surface area (Å²) in [6, 6.07) is 2.72. The minimum Gasteiger partial charge on any atom is -0.493 e. The van der Waals surface area contributed by atoms with Crippen LogP contribution in [0.2, 0.25) is 0 Å². The molecule has 7 heteroatoms. The quantitative estimate of drug-likeness (QED) is 0.580. The average molecular weight is 268 g/mol. The van der Waals surface area contributed by atoms with Crippen molar-refractivity contribution in [1.29, 1.82) is 0 Å². The molecule has 2 N–H and O–H groups in total. The van der Waals surface area contributed by atoms with Crippen molar-refractivity contribution < 1.29 is 19.5 Å². The Morgan fingerprint density at radius 2 is 2.16 bits per heavy atom. The molecule has 7 nitrogen and oxygen atoms in total. The first-order chi connectivity index (χ1) is 9.15. The van der Waals surface area contributed by atoms with Crippen molar-refractivity contribution in [1.82, 2.24) is 5.48 Å². The van der Waals surface area contributed by atoms with Gasteiger partial charge in [-0.3, -0.25) is 4.79 Å². The number of methoxy groups -OCH3 is 1. The van der Waals surface area contributed by atoms with E-state index in [0.29, 0.717) is 18.4 Å². The van der Waals surface area contributed by atoms with Crippen molar-refractivity contribution in [3.05, 3.63) is 22.6 Å². The van der Waals surface area contributed by atoms with Gasteiger partial charge in [0.25, 0.3) is 5.91 Å². The minimum absolute atomic E-state index is 0.0306. The number of hydrogen-bond acceptors (Lipinski definition) is 6. The molecule has 0 aromatic heterocycles. The summed E-state index contributed by atoms with van der Waals surface area (Å²) in [6.07, 6.45) is 1.02. The third kappa shape index (κ3) is 3.92. The predicted octanol–water partition coefficient (Wildman–Crippen LogP) is 1.80. The molecule has 19 heavy (non-hydrogen) atoms. The molecule has 0 heterocycles. The zero-order chi connectivity index (χ0) is 14.3. The molecule has 104 valence electrons. The summed E-state index contributed by atoms with van der Waals surface area (Å²) in [4.78, 5) is 27.0. The SMILES string of the molecule is CCCC(=O)NOc1cc(N=O)c(CO)cc1OC. The third-order valence-electron chi connectivity index (χ3n) is 2.39.